The van der Waals surface area contributed by atoms with Gasteiger partial charge in [0.15, 0.2) is 0 Å². The Labute approximate surface area is 225 Å². The van der Waals surface area contributed by atoms with E-state index in [-0.39, 0.29) is 23.8 Å². The first-order chi connectivity index (χ1) is 16.9. The molecule has 0 spiro atoms. The van der Waals surface area contributed by atoms with Gasteiger partial charge in [-0.15, -0.1) is 0 Å². The third-order valence-corrected chi connectivity index (χ3v) is 6.54. The van der Waals surface area contributed by atoms with Crippen LogP contribution in [0.3, 0.4) is 0 Å². The Bertz CT molecular complexity index is 913. The minimum atomic E-state index is -0.866. The van der Waals surface area contributed by atoms with E-state index in [1.807, 2.05) is 67.5 Å². The molecule has 0 heterocycles. The molecule has 3 amide bonds. The number of carbonyl (C=O) groups is 3. The van der Waals surface area contributed by atoms with Crippen molar-refractivity contribution in [2.75, 3.05) is 0 Å². The molecule has 37 heavy (non-hydrogen) atoms. The van der Waals surface area contributed by atoms with E-state index in [1.54, 1.807) is 25.7 Å². The quantitative estimate of drug-likeness (QED) is 0.365. The lowest BCUT2D eigenvalue weighted by Crippen LogP contribution is -2.60. The Morgan fingerprint density at radius 1 is 0.919 bits per heavy atom. The predicted octanol–water partition coefficient (Wildman–Crippen LogP) is 6.22. The molecule has 1 aromatic carbocycles. The van der Waals surface area contributed by atoms with Gasteiger partial charge in [0.25, 0.3) is 0 Å². The molecule has 0 fully saturated rings. The number of amides is 3. The number of nitrogens with one attached hydrogen (secondary N) is 2. The second-order valence-electron chi connectivity index (χ2n) is 12.3. The van der Waals surface area contributed by atoms with Crippen LogP contribution in [0.1, 0.15) is 111 Å². The van der Waals surface area contributed by atoms with Crippen LogP contribution in [-0.4, -0.2) is 46.0 Å². The van der Waals surface area contributed by atoms with E-state index in [0.717, 1.165) is 29.5 Å². The van der Waals surface area contributed by atoms with Crippen molar-refractivity contribution in [1.29, 1.82) is 0 Å². The zero-order chi connectivity index (χ0) is 28.7. The molecular weight excluding hydrogens is 466 g/mol. The molecule has 0 saturated carbocycles. The molecule has 1 aromatic rings. The first kappa shape index (κ1) is 32.5. The van der Waals surface area contributed by atoms with Gasteiger partial charge in [0.05, 0.1) is 0 Å². The minimum Gasteiger partial charge on any atom is -0.444 e. The van der Waals surface area contributed by atoms with Crippen LogP contribution in [0.2, 0.25) is 0 Å². The van der Waals surface area contributed by atoms with Gasteiger partial charge in [-0.05, 0) is 79.7 Å². The largest absolute Gasteiger partial charge is 0.444 e. The highest BCUT2D eigenvalue weighted by Gasteiger charge is 2.44. The lowest BCUT2D eigenvalue weighted by atomic mass is 9.89. The first-order valence-corrected chi connectivity index (χ1v) is 13.6. The van der Waals surface area contributed by atoms with Crippen molar-refractivity contribution in [2.45, 2.75) is 132 Å². The summed E-state index contributed by atoms with van der Waals surface area (Å²) in [6.07, 6.45) is 1.74. The van der Waals surface area contributed by atoms with Crippen molar-refractivity contribution < 1.29 is 19.1 Å². The SMILES string of the molecule is CCCC(C)NC(=O)C(c1cc(C)cc(C)c1)N(C(=O)C(NC(=O)OC(C)(C)C)C(C)C)C(C)(C)CC. The highest BCUT2D eigenvalue weighted by Crippen LogP contribution is 2.34. The van der Waals surface area contributed by atoms with Crippen LogP contribution < -0.4 is 10.6 Å². The molecule has 2 N–H and O–H groups in total. The van der Waals surface area contributed by atoms with E-state index in [2.05, 4.69) is 23.6 Å². The number of nitrogens with zero attached hydrogens (tertiary/aromatic N) is 1. The van der Waals surface area contributed by atoms with Crippen LogP contribution in [-0.2, 0) is 14.3 Å². The fourth-order valence-electron chi connectivity index (χ4n) is 4.46. The van der Waals surface area contributed by atoms with Gasteiger partial charge >= 0.3 is 6.09 Å². The van der Waals surface area contributed by atoms with Gasteiger partial charge in [-0.3, -0.25) is 9.59 Å². The standard InChI is InChI=1S/C30H51N3O4/c1-13-15-22(7)31-26(34)25(23-17-20(5)16-21(6)18-23)33(30(11,12)14-2)27(35)24(19(3)4)32-28(36)37-29(8,9)10/h16-19,22,24-25H,13-15H2,1-12H3,(H,31,34)(H,32,36). The van der Waals surface area contributed by atoms with Crippen LogP contribution in [0.15, 0.2) is 18.2 Å². The van der Waals surface area contributed by atoms with Gasteiger partial charge in [-0.1, -0.05) is 63.4 Å². The van der Waals surface area contributed by atoms with E-state index in [9.17, 15) is 14.4 Å². The van der Waals surface area contributed by atoms with Gasteiger partial charge in [-0.25, -0.2) is 4.79 Å². The summed E-state index contributed by atoms with van der Waals surface area (Å²) in [6, 6.07) is 4.24. The molecule has 0 aromatic heterocycles. The molecule has 0 saturated heterocycles. The highest BCUT2D eigenvalue weighted by molar-refractivity contribution is 5.93. The lowest BCUT2D eigenvalue weighted by Gasteiger charge is -2.45. The van der Waals surface area contributed by atoms with Crippen molar-refractivity contribution >= 4 is 17.9 Å². The Kier molecular flexibility index (Phi) is 11.7. The van der Waals surface area contributed by atoms with Crippen molar-refractivity contribution in [1.82, 2.24) is 15.5 Å². The summed E-state index contributed by atoms with van der Waals surface area (Å²) in [5.74, 6) is -0.757. The van der Waals surface area contributed by atoms with Crippen molar-refractivity contribution in [3.63, 3.8) is 0 Å². The summed E-state index contributed by atoms with van der Waals surface area (Å²) in [5.41, 5.74) is 1.42. The van der Waals surface area contributed by atoms with Gasteiger partial charge in [-0.2, -0.15) is 0 Å². The summed E-state index contributed by atoms with van der Waals surface area (Å²) >= 11 is 0. The van der Waals surface area contributed by atoms with Crippen LogP contribution in [0.4, 0.5) is 4.79 Å². The number of ether oxygens (including phenoxy) is 1. The molecule has 210 valence electrons. The molecule has 7 heteroatoms. The van der Waals surface area contributed by atoms with Crippen LogP contribution in [0, 0.1) is 19.8 Å². The van der Waals surface area contributed by atoms with E-state index in [0.29, 0.717) is 6.42 Å². The normalized spacial score (nSPS) is 14.5. The Morgan fingerprint density at radius 3 is 1.89 bits per heavy atom. The fourth-order valence-corrected chi connectivity index (χ4v) is 4.46. The molecule has 3 atom stereocenters. The monoisotopic (exact) mass is 517 g/mol. The summed E-state index contributed by atoms with van der Waals surface area (Å²) in [4.78, 5) is 42.7. The van der Waals surface area contributed by atoms with Gasteiger partial charge < -0.3 is 20.3 Å². The average Bonchev–Trinajstić information content (AvgIpc) is 2.72. The maximum atomic E-state index is 14.4. The van der Waals surface area contributed by atoms with E-state index < -0.39 is 29.3 Å². The molecule has 1 rings (SSSR count). The fraction of sp³-hybridized carbons (Fsp3) is 0.700. The van der Waals surface area contributed by atoms with Gasteiger partial charge in [0.1, 0.15) is 17.7 Å². The smallest absolute Gasteiger partial charge is 0.408 e. The number of alkyl carbamates (subject to hydrolysis) is 1. The molecule has 0 aliphatic carbocycles. The van der Waals surface area contributed by atoms with Gasteiger partial charge in [0, 0.05) is 11.6 Å². The summed E-state index contributed by atoms with van der Waals surface area (Å²) in [6.45, 7) is 23.1. The lowest BCUT2D eigenvalue weighted by molar-refractivity contribution is -0.150. The highest BCUT2D eigenvalue weighted by atomic mass is 16.6. The Balaban J connectivity index is 3.70. The topological polar surface area (TPSA) is 87.7 Å². The molecule has 0 bridgehead atoms. The second-order valence-corrected chi connectivity index (χ2v) is 12.3. The Hall–Kier alpha value is -2.57. The third-order valence-electron chi connectivity index (χ3n) is 6.54. The predicted molar refractivity (Wildman–Crippen MR) is 150 cm³/mol. The molecule has 0 aliphatic heterocycles. The first-order valence-electron chi connectivity index (χ1n) is 13.6. The molecular formula is C30H51N3O4. The summed E-state index contributed by atoms with van der Waals surface area (Å²) < 4.78 is 5.46. The second kappa shape index (κ2) is 13.3. The van der Waals surface area contributed by atoms with E-state index in [4.69, 9.17) is 4.74 Å². The number of hydrogen-bond donors (Lipinski definition) is 2. The van der Waals surface area contributed by atoms with Crippen LogP contribution in [0.25, 0.3) is 0 Å². The van der Waals surface area contributed by atoms with Gasteiger partial charge in [0.2, 0.25) is 11.8 Å². The number of carbonyl (C=O) groups excluding carboxylic acids is 3. The average molecular weight is 518 g/mol. The zero-order valence-electron chi connectivity index (χ0n) is 25.2. The maximum absolute atomic E-state index is 14.4. The molecule has 3 unspecified atom stereocenters. The summed E-state index contributed by atoms with van der Waals surface area (Å²) in [5, 5.41) is 5.94. The number of aryl methyl sites for hydroxylation is 2. The molecule has 0 aliphatic rings. The van der Waals surface area contributed by atoms with Crippen molar-refractivity contribution in [3.8, 4) is 0 Å². The van der Waals surface area contributed by atoms with Crippen molar-refractivity contribution in [3.05, 3.63) is 34.9 Å². The van der Waals surface area contributed by atoms with Crippen LogP contribution in [0.5, 0.6) is 0 Å². The zero-order valence-corrected chi connectivity index (χ0v) is 25.2. The van der Waals surface area contributed by atoms with Crippen molar-refractivity contribution in [2.24, 2.45) is 5.92 Å². The van der Waals surface area contributed by atoms with E-state index in [1.165, 1.54) is 0 Å². The minimum absolute atomic E-state index is 0.0339. The number of hydrogen-bond acceptors (Lipinski definition) is 4. The molecule has 0 radical (unpaired) electrons. The summed E-state index contributed by atoms with van der Waals surface area (Å²) in [7, 11) is 0. The third kappa shape index (κ3) is 9.67. The molecule has 7 nitrogen and oxygen atoms in total. The number of rotatable bonds is 11. The number of benzene rings is 1. The van der Waals surface area contributed by atoms with E-state index >= 15 is 0 Å². The Morgan fingerprint density at radius 2 is 1.46 bits per heavy atom. The maximum Gasteiger partial charge on any atom is 0.408 e. The van der Waals surface area contributed by atoms with Crippen LogP contribution >= 0.6 is 0 Å².